The Morgan fingerprint density at radius 3 is 2.82 bits per heavy atom. The van der Waals surface area contributed by atoms with Crippen LogP contribution in [0.2, 0.25) is 0 Å². The molecular weight excluding hydrogens is 142 g/mol. The Bertz CT molecular complexity index is 187. The highest BCUT2D eigenvalue weighted by Crippen LogP contribution is 2.17. The van der Waals surface area contributed by atoms with E-state index in [0.29, 0.717) is 6.42 Å². The van der Waals surface area contributed by atoms with E-state index in [1.807, 2.05) is 0 Å². The summed E-state index contributed by atoms with van der Waals surface area (Å²) in [5.41, 5.74) is -0.534. The van der Waals surface area contributed by atoms with Crippen LogP contribution in [0, 0.1) is 0 Å². The molecule has 0 amide bonds. The standard InChI is InChI=1S/C8H13NO2/c1-4-5-6-9-8(2,3)7(10)11-6/h4,6,9H,1,5H2,2-3H3. The molecular formula is C8H13NO2. The predicted octanol–water partition coefficient (Wildman–Crippen LogP) is 0.814. The molecule has 3 nitrogen and oxygen atoms in total. The summed E-state index contributed by atoms with van der Waals surface area (Å²) in [6.45, 7) is 7.17. The second kappa shape index (κ2) is 2.66. The number of esters is 1. The Kier molecular flexibility index (Phi) is 2.00. The van der Waals surface area contributed by atoms with Crippen LogP contribution < -0.4 is 5.32 Å². The van der Waals surface area contributed by atoms with Crippen molar-refractivity contribution in [2.75, 3.05) is 0 Å². The lowest BCUT2D eigenvalue weighted by Gasteiger charge is -2.12. The van der Waals surface area contributed by atoms with Crippen molar-refractivity contribution >= 4 is 5.97 Å². The van der Waals surface area contributed by atoms with Gasteiger partial charge in [0, 0.05) is 6.42 Å². The molecule has 0 saturated carbocycles. The summed E-state index contributed by atoms with van der Waals surface area (Å²) in [5.74, 6) is -0.190. The van der Waals surface area contributed by atoms with E-state index in [0.717, 1.165) is 0 Å². The molecule has 62 valence electrons. The van der Waals surface area contributed by atoms with Crippen molar-refractivity contribution in [1.82, 2.24) is 5.32 Å². The van der Waals surface area contributed by atoms with Gasteiger partial charge in [-0.25, -0.2) is 0 Å². The zero-order valence-electron chi connectivity index (χ0n) is 6.89. The molecule has 1 rings (SSSR count). The van der Waals surface area contributed by atoms with E-state index in [1.165, 1.54) is 0 Å². The van der Waals surface area contributed by atoms with Gasteiger partial charge in [-0.05, 0) is 13.8 Å². The van der Waals surface area contributed by atoms with Gasteiger partial charge in [-0.15, -0.1) is 6.58 Å². The summed E-state index contributed by atoms with van der Waals surface area (Å²) in [6, 6.07) is 0. The number of ether oxygens (including phenoxy) is 1. The SMILES string of the molecule is C=CCC1NC(C)(C)C(=O)O1. The van der Waals surface area contributed by atoms with Crippen LogP contribution in [-0.4, -0.2) is 17.7 Å². The zero-order valence-corrected chi connectivity index (χ0v) is 6.89. The molecule has 1 fully saturated rings. The van der Waals surface area contributed by atoms with Gasteiger partial charge in [-0.1, -0.05) is 6.08 Å². The zero-order chi connectivity index (χ0) is 8.48. The average Bonchev–Trinajstić information content (AvgIpc) is 2.08. The molecule has 0 aliphatic carbocycles. The van der Waals surface area contributed by atoms with Gasteiger partial charge < -0.3 is 4.74 Å². The van der Waals surface area contributed by atoms with Gasteiger partial charge in [0.1, 0.15) is 5.54 Å². The largest absolute Gasteiger partial charge is 0.445 e. The highest BCUT2D eigenvalue weighted by Gasteiger charge is 2.39. The van der Waals surface area contributed by atoms with Gasteiger partial charge in [0.05, 0.1) is 0 Å². The lowest BCUT2D eigenvalue weighted by atomic mass is 10.1. The molecule has 0 bridgehead atoms. The molecule has 1 unspecified atom stereocenters. The van der Waals surface area contributed by atoms with Crippen LogP contribution in [0.4, 0.5) is 0 Å². The maximum absolute atomic E-state index is 11.1. The molecule has 1 N–H and O–H groups in total. The van der Waals surface area contributed by atoms with Crippen molar-refractivity contribution in [3.8, 4) is 0 Å². The molecule has 1 atom stereocenters. The highest BCUT2D eigenvalue weighted by atomic mass is 16.6. The summed E-state index contributed by atoms with van der Waals surface area (Å²) < 4.78 is 5.00. The van der Waals surface area contributed by atoms with Crippen LogP contribution in [0.15, 0.2) is 12.7 Å². The summed E-state index contributed by atoms with van der Waals surface area (Å²) >= 11 is 0. The molecule has 1 heterocycles. The minimum atomic E-state index is -0.534. The maximum atomic E-state index is 11.1. The summed E-state index contributed by atoms with van der Waals surface area (Å²) in [5, 5.41) is 3.04. The fraction of sp³-hybridized carbons (Fsp3) is 0.625. The van der Waals surface area contributed by atoms with Crippen LogP contribution >= 0.6 is 0 Å². The minimum absolute atomic E-state index is 0.185. The topological polar surface area (TPSA) is 38.3 Å². The summed E-state index contributed by atoms with van der Waals surface area (Å²) in [7, 11) is 0. The van der Waals surface area contributed by atoms with E-state index >= 15 is 0 Å². The molecule has 1 aliphatic heterocycles. The number of cyclic esters (lactones) is 1. The fourth-order valence-electron chi connectivity index (χ4n) is 1.03. The summed E-state index contributed by atoms with van der Waals surface area (Å²) in [6.07, 6.45) is 2.21. The lowest BCUT2D eigenvalue weighted by molar-refractivity contribution is -0.144. The number of rotatable bonds is 2. The maximum Gasteiger partial charge on any atom is 0.327 e. The van der Waals surface area contributed by atoms with E-state index in [1.54, 1.807) is 19.9 Å². The van der Waals surface area contributed by atoms with E-state index in [2.05, 4.69) is 11.9 Å². The Balaban J connectivity index is 2.57. The van der Waals surface area contributed by atoms with E-state index < -0.39 is 5.54 Å². The van der Waals surface area contributed by atoms with E-state index in [9.17, 15) is 4.79 Å². The Morgan fingerprint density at radius 2 is 2.45 bits per heavy atom. The first kappa shape index (κ1) is 8.27. The van der Waals surface area contributed by atoms with Crippen molar-refractivity contribution in [1.29, 1.82) is 0 Å². The van der Waals surface area contributed by atoms with Crippen molar-refractivity contribution in [3.05, 3.63) is 12.7 Å². The van der Waals surface area contributed by atoms with Crippen LogP contribution in [0.1, 0.15) is 20.3 Å². The Morgan fingerprint density at radius 1 is 1.82 bits per heavy atom. The molecule has 0 aromatic carbocycles. The Labute approximate surface area is 66.4 Å². The molecule has 11 heavy (non-hydrogen) atoms. The van der Waals surface area contributed by atoms with E-state index in [4.69, 9.17) is 4.74 Å². The van der Waals surface area contributed by atoms with Crippen LogP contribution in [0.25, 0.3) is 0 Å². The Hall–Kier alpha value is -0.830. The van der Waals surface area contributed by atoms with Crippen molar-refractivity contribution in [2.45, 2.75) is 32.0 Å². The van der Waals surface area contributed by atoms with Gasteiger partial charge in [-0.2, -0.15) is 0 Å². The minimum Gasteiger partial charge on any atom is -0.445 e. The predicted molar refractivity (Wildman–Crippen MR) is 41.9 cm³/mol. The third-order valence-corrected chi connectivity index (χ3v) is 1.66. The van der Waals surface area contributed by atoms with Gasteiger partial charge >= 0.3 is 5.97 Å². The number of carbonyl (C=O) groups excluding carboxylic acids is 1. The molecule has 3 heteroatoms. The number of hydrogen-bond donors (Lipinski definition) is 1. The monoisotopic (exact) mass is 155 g/mol. The number of nitrogens with one attached hydrogen (secondary N) is 1. The average molecular weight is 155 g/mol. The van der Waals surface area contributed by atoms with Gasteiger partial charge in [0.2, 0.25) is 0 Å². The van der Waals surface area contributed by atoms with Crippen LogP contribution in [0.3, 0.4) is 0 Å². The van der Waals surface area contributed by atoms with Crippen LogP contribution in [0.5, 0.6) is 0 Å². The number of hydrogen-bond acceptors (Lipinski definition) is 3. The second-order valence-corrected chi connectivity index (χ2v) is 3.19. The first-order valence-electron chi connectivity index (χ1n) is 3.66. The van der Waals surface area contributed by atoms with Crippen molar-refractivity contribution in [2.24, 2.45) is 0 Å². The van der Waals surface area contributed by atoms with Gasteiger partial charge in [0.25, 0.3) is 0 Å². The molecule has 1 saturated heterocycles. The first-order chi connectivity index (χ1) is 5.06. The van der Waals surface area contributed by atoms with Gasteiger partial charge in [-0.3, -0.25) is 10.1 Å². The molecule has 0 aromatic heterocycles. The third-order valence-electron chi connectivity index (χ3n) is 1.66. The first-order valence-corrected chi connectivity index (χ1v) is 3.66. The van der Waals surface area contributed by atoms with Crippen molar-refractivity contribution in [3.63, 3.8) is 0 Å². The normalized spacial score (nSPS) is 28.2. The second-order valence-electron chi connectivity index (χ2n) is 3.19. The van der Waals surface area contributed by atoms with Crippen molar-refractivity contribution < 1.29 is 9.53 Å². The summed E-state index contributed by atoms with van der Waals surface area (Å²) in [4.78, 5) is 11.1. The smallest absolute Gasteiger partial charge is 0.327 e. The van der Waals surface area contributed by atoms with Gasteiger partial charge in [0.15, 0.2) is 6.23 Å². The van der Waals surface area contributed by atoms with Crippen LogP contribution in [-0.2, 0) is 9.53 Å². The number of carbonyl (C=O) groups is 1. The highest BCUT2D eigenvalue weighted by molar-refractivity contribution is 5.81. The lowest BCUT2D eigenvalue weighted by Crippen LogP contribution is -2.41. The molecule has 0 aromatic rings. The van der Waals surface area contributed by atoms with E-state index in [-0.39, 0.29) is 12.2 Å². The molecule has 1 aliphatic rings. The fourth-order valence-corrected chi connectivity index (χ4v) is 1.03. The third kappa shape index (κ3) is 1.60. The quantitative estimate of drug-likeness (QED) is 0.474. The molecule has 0 spiro atoms. The molecule has 0 radical (unpaired) electrons.